The van der Waals surface area contributed by atoms with E-state index in [2.05, 4.69) is 34.4 Å². The van der Waals surface area contributed by atoms with E-state index in [1.165, 1.54) is 58.0 Å². The molecule has 2 N–H and O–H groups in total. The van der Waals surface area contributed by atoms with Crippen LogP contribution in [-0.4, -0.2) is 62.3 Å². The smallest absolute Gasteiger partial charge is 0.191 e. The minimum absolute atomic E-state index is 0. The van der Waals surface area contributed by atoms with E-state index >= 15 is 0 Å². The van der Waals surface area contributed by atoms with Crippen LogP contribution in [0, 0.1) is 0 Å². The lowest BCUT2D eigenvalue weighted by Crippen LogP contribution is -2.59. The molecule has 0 amide bonds. The van der Waals surface area contributed by atoms with Crippen molar-refractivity contribution in [3.63, 3.8) is 0 Å². The summed E-state index contributed by atoms with van der Waals surface area (Å²) in [5.41, 5.74) is 0.247. The fourth-order valence-corrected chi connectivity index (χ4v) is 4.17. The van der Waals surface area contributed by atoms with Crippen molar-refractivity contribution in [2.45, 2.75) is 83.2 Å². The Balaban J connectivity index is 0.00000338. The van der Waals surface area contributed by atoms with Gasteiger partial charge in [0.2, 0.25) is 0 Å². The molecule has 154 valence electrons. The third-order valence-electron chi connectivity index (χ3n) is 5.88. The SMILES string of the molecule is CCCCCCC(C)NC(=NC)NCC1(N2CCCC2)CCOCC1.I. The van der Waals surface area contributed by atoms with Crippen LogP contribution in [0.2, 0.25) is 0 Å². The minimum Gasteiger partial charge on any atom is -0.381 e. The zero-order valence-electron chi connectivity index (χ0n) is 17.2. The normalized spacial score (nSPS) is 21.9. The fraction of sp³-hybridized carbons (Fsp3) is 0.950. The molecular weight excluding hydrogens is 439 g/mol. The number of likely N-dealkylation sites (tertiary alicyclic amines) is 1. The van der Waals surface area contributed by atoms with E-state index in [-0.39, 0.29) is 29.5 Å². The van der Waals surface area contributed by atoms with E-state index < -0.39 is 0 Å². The number of hydrogen-bond donors (Lipinski definition) is 2. The van der Waals surface area contributed by atoms with Gasteiger partial charge in [0.05, 0.1) is 0 Å². The van der Waals surface area contributed by atoms with Crippen molar-refractivity contribution in [2.75, 3.05) is 39.9 Å². The Hall–Kier alpha value is -0.0800. The molecule has 1 atom stereocenters. The Kier molecular flexibility index (Phi) is 12.1. The molecule has 6 heteroatoms. The molecule has 2 fully saturated rings. The van der Waals surface area contributed by atoms with Gasteiger partial charge in [0.25, 0.3) is 0 Å². The number of guanidine groups is 1. The van der Waals surface area contributed by atoms with Gasteiger partial charge in [-0.1, -0.05) is 32.6 Å². The number of rotatable bonds is 9. The van der Waals surface area contributed by atoms with Gasteiger partial charge in [-0.25, -0.2) is 0 Å². The standard InChI is InChI=1S/C20H40N4O.HI/c1-4-5-6-7-10-18(2)23-19(21-3)22-17-20(11-15-25-16-12-20)24-13-8-9-14-24;/h18H,4-17H2,1-3H3,(H2,21,22,23);1H. The second kappa shape index (κ2) is 13.2. The highest BCUT2D eigenvalue weighted by Crippen LogP contribution is 2.30. The van der Waals surface area contributed by atoms with Crippen LogP contribution < -0.4 is 10.6 Å². The molecule has 0 aromatic carbocycles. The van der Waals surface area contributed by atoms with Crippen molar-refractivity contribution in [2.24, 2.45) is 4.99 Å². The molecule has 0 aliphatic carbocycles. The Morgan fingerprint density at radius 2 is 1.85 bits per heavy atom. The molecule has 0 radical (unpaired) electrons. The molecule has 2 aliphatic rings. The van der Waals surface area contributed by atoms with Crippen molar-refractivity contribution in [1.82, 2.24) is 15.5 Å². The summed E-state index contributed by atoms with van der Waals surface area (Å²) >= 11 is 0. The monoisotopic (exact) mass is 480 g/mol. The molecule has 5 nitrogen and oxygen atoms in total. The molecular formula is C20H41IN4O. The van der Waals surface area contributed by atoms with Gasteiger partial charge in [-0.15, -0.1) is 24.0 Å². The van der Waals surface area contributed by atoms with Gasteiger partial charge in [0, 0.05) is 38.4 Å². The number of nitrogens with zero attached hydrogens (tertiary/aromatic N) is 2. The molecule has 0 saturated carbocycles. The van der Waals surface area contributed by atoms with Gasteiger partial charge in [-0.2, -0.15) is 0 Å². The van der Waals surface area contributed by atoms with Gasteiger partial charge in [-0.05, 0) is 52.1 Å². The molecule has 2 saturated heterocycles. The van der Waals surface area contributed by atoms with E-state index in [0.717, 1.165) is 38.6 Å². The van der Waals surface area contributed by atoms with Gasteiger partial charge >= 0.3 is 0 Å². The zero-order valence-corrected chi connectivity index (χ0v) is 19.5. The lowest BCUT2D eigenvalue weighted by molar-refractivity contribution is -0.0164. The summed E-state index contributed by atoms with van der Waals surface area (Å²) in [6.07, 6.45) is 11.4. The average Bonchev–Trinajstić information content (AvgIpc) is 3.18. The molecule has 0 spiro atoms. The fourth-order valence-electron chi connectivity index (χ4n) is 4.17. The lowest BCUT2D eigenvalue weighted by atomic mass is 9.88. The second-order valence-corrected chi connectivity index (χ2v) is 7.85. The van der Waals surface area contributed by atoms with Crippen molar-refractivity contribution >= 4 is 29.9 Å². The highest BCUT2D eigenvalue weighted by Gasteiger charge is 2.39. The zero-order chi connectivity index (χ0) is 18.0. The third-order valence-corrected chi connectivity index (χ3v) is 5.88. The first-order chi connectivity index (χ1) is 12.2. The molecule has 0 aromatic heterocycles. The summed E-state index contributed by atoms with van der Waals surface area (Å²) in [5.74, 6) is 0.952. The van der Waals surface area contributed by atoms with Crippen LogP contribution in [0.15, 0.2) is 4.99 Å². The first-order valence-electron chi connectivity index (χ1n) is 10.5. The molecule has 2 aliphatic heterocycles. The molecule has 0 bridgehead atoms. The second-order valence-electron chi connectivity index (χ2n) is 7.85. The number of halogens is 1. The van der Waals surface area contributed by atoms with E-state index in [4.69, 9.17) is 4.74 Å². The maximum atomic E-state index is 5.65. The minimum atomic E-state index is 0. The first-order valence-corrected chi connectivity index (χ1v) is 10.5. The van der Waals surface area contributed by atoms with Crippen LogP contribution in [0.25, 0.3) is 0 Å². The van der Waals surface area contributed by atoms with Crippen LogP contribution in [-0.2, 0) is 4.74 Å². The maximum Gasteiger partial charge on any atom is 0.191 e. The highest BCUT2D eigenvalue weighted by molar-refractivity contribution is 14.0. The number of ether oxygens (including phenoxy) is 1. The number of hydrogen-bond acceptors (Lipinski definition) is 3. The third kappa shape index (κ3) is 7.50. The summed E-state index contributed by atoms with van der Waals surface area (Å²) in [6.45, 7) is 9.75. The molecule has 26 heavy (non-hydrogen) atoms. The summed E-state index contributed by atoms with van der Waals surface area (Å²) in [5, 5.41) is 7.21. The van der Waals surface area contributed by atoms with Crippen LogP contribution in [0.5, 0.6) is 0 Å². The molecule has 0 aromatic rings. The molecule has 2 heterocycles. The molecule has 1 unspecified atom stereocenters. The summed E-state index contributed by atoms with van der Waals surface area (Å²) in [7, 11) is 1.88. The van der Waals surface area contributed by atoms with Crippen LogP contribution in [0.1, 0.15) is 71.6 Å². The van der Waals surface area contributed by atoms with Crippen LogP contribution >= 0.6 is 24.0 Å². The average molecular weight is 480 g/mol. The van der Waals surface area contributed by atoms with Gasteiger partial charge in [0.1, 0.15) is 0 Å². The predicted molar refractivity (Wildman–Crippen MR) is 122 cm³/mol. The van der Waals surface area contributed by atoms with Crippen molar-refractivity contribution in [1.29, 1.82) is 0 Å². The van der Waals surface area contributed by atoms with Crippen molar-refractivity contribution in [3.05, 3.63) is 0 Å². The first kappa shape index (κ1) is 24.0. The largest absolute Gasteiger partial charge is 0.381 e. The molecule has 2 rings (SSSR count). The topological polar surface area (TPSA) is 48.9 Å². The number of nitrogens with one attached hydrogen (secondary N) is 2. The van der Waals surface area contributed by atoms with Crippen LogP contribution in [0.3, 0.4) is 0 Å². The Morgan fingerprint density at radius 1 is 1.15 bits per heavy atom. The summed E-state index contributed by atoms with van der Waals surface area (Å²) in [4.78, 5) is 7.16. The number of aliphatic imine (C=N–C) groups is 1. The highest BCUT2D eigenvalue weighted by atomic mass is 127. The maximum absolute atomic E-state index is 5.65. The van der Waals surface area contributed by atoms with Crippen LogP contribution in [0.4, 0.5) is 0 Å². The lowest BCUT2D eigenvalue weighted by Gasteiger charge is -2.45. The quantitative estimate of drug-likeness (QED) is 0.228. The van der Waals surface area contributed by atoms with Gasteiger partial charge in [0.15, 0.2) is 5.96 Å². The van der Waals surface area contributed by atoms with Crippen molar-refractivity contribution < 1.29 is 4.74 Å². The Bertz CT molecular complexity index is 393. The van der Waals surface area contributed by atoms with E-state index in [0.29, 0.717) is 6.04 Å². The Morgan fingerprint density at radius 3 is 2.46 bits per heavy atom. The van der Waals surface area contributed by atoms with Crippen molar-refractivity contribution in [3.8, 4) is 0 Å². The van der Waals surface area contributed by atoms with E-state index in [9.17, 15) is 0 Å². The van der Waals surface area contributed by atoms with E-state index in [1.807, 2.05) is 7.05 Å². The summed E-state index contributed by atoms with van der Waals surface area (Å²) < 4.78 is 5.65. The summed E-state index contributed by atoms with van der Waals surface area (Å²) in [6, 6.07) is 0.473. The Labute approximate surface area is 178 Å². The van der Waals surface area contributed by atoms with Gasteiger partial charge < -0.3 is 15.4 Å². The van der Waals surface area contributed by atoms with Gasteiger partial charge in [-0.3, -0.25) is 9.89 Å². The number of unbranched alkanes of at least 4 members (excludes halogenated alkanes) is 3. The van der Waals surface area contributed by atoms with E-state index in [1.54, 1.807) is 0 Å². The predicted octanol–water partition coefficient (Wildman–Crippen LogP) is 3.77.